The van der Waals surface area contributed by atoms with E-state index in [1.807, 2.05) is 62.4 Å². The van der Waals surface area contributed by atoms with Crippen LogP contribution in [0, 0.1) is 0 Å². The van der Waals surface area contributed by atoms with E-state index in [-0.39, 0.29) is 5.56 Å². The summed E-state index contributed by atoms with van der Waals surface area (Å²) < 4.78 is 11.1. The smallest absolute Gasteiger partial charge is 0.119 e. The Morgan fingerprint density at radius 2 is 1.23 bits per heavy atom. The molecule has 1 heterocycles. The third-order valence-corrected chi connectivity index (χ3v) is 4.78. The third kappa shape index (κ3) is 4.33. The predicted octanol–water partition coefficient (Wildman–Crippen LogP) is 4.12. The molecule has 0 radical (unpaired) electrons. The van der Waals surface area contributed by atoms with Gasteiger partial charge in [-0.2, -0.15) is 0 Å². The maximum Gasteiger partial charge on any atom is 0.119 e. The Morgan fingerprint density at radius 1 is 0.742 bits per heavy atom. The van der Waals surface area contributed by atoms with Gasteiger partial charge < -0.3 is 19.4 Å². The van der Waals surface area contributed by atoms with Crippen LogP contribution >= 0.6 is 0 Å². The van der Waals surface area contributed by atoms with Gasteiger partial charge in [-0.25, -0.2) is 9.97 Å². The Labute approximate surface area is 180 Å². The van der Waals surface area contributed by atoms with Gasteiger partial charge in [0, 0.05) is 11.1 Å². The molecule has 156 valence electrons. The molecule has 0 saturated carbocycles. The zero-order chi connectivity index (χ0) is 21.8. The lowest BCUT2D eigenvalue weighted by Crippen LogP contribution is -2.22. The van der Waals surface area contributed by atoms with Crippen molar-refractivity contribution < 1.29 is 19.4 Å². The van der Waals surface area contributed by atoms with Crippen molar-refractivity contribution in [3.8, 4) is 34.0 Å². The number of carboxylic acids is 1. The first kappa shape index (κ1) is 20.3. The molecule has 4 aromatic rings. The lowest BCUT2D eigenvalue weighted by Gasteiger charge is -2.13. The van der Waals surface area contributed by atoms with Gasteiger partial charge >= 0.3 is 0 Å². The first-order valence-corrected chi connectivity index (χ1v) is 10.1. The first-order chi connectivity index (χ1) is 15.1. The molecule has 0 atom stereocenters. The predicted molar refractivity (Wildman–Crippen MR) is 117 cm³/mol. The molecule has 0 aliphatic heterocycles. The molecular formula is C25H21N2O4-. The molecule has 3 aromatic carbocycles. The van der Waals surface area contributed by atoms with Crippen molar-refractivity contribution in [2.24, 2.45) is 0 Å². The van der Waals surface area contributed by atoms with Gasteiger partial charge in [-0.3, -0.25) is 0 Å². The standard InChI is InChI=1S/C25H22N2O4/c1-3-30-19-10-5-16(6-11-19)23-24(17-7-12-20(13-8-17)31-4-2)27-22-15-18(25(28)29)9-14-21(22)26-23/h5-15H,3-4H2,1-2H3,(H,28,29)/p-1. The van der Waals surface area contributed by atoms with Gasteiger partial charge in [-0.1, -0.05) is 6.07 Å². The van der Waals surface area contributed by atoms with E-state index in [9.17, 15) is 9.90 Å². The summed E-state index contributed by atoms with van der Waals surface area (Å²) >= 11 is 0. The summed E-state index contributed by atoms with van der Waals surface area (Å²) in [5.74, 6) is 0.296. The second-order valence-electron chi connectivity index (χ2n) is 6.83. The number of nitrogens with zero attached hydrogens (tertiary/aromatic N) is 2. The number of benzene rings is 3. The van der Waals surface area contributed by atoms with Gasteiger partial charge in [0.2, 0.25) is 0 Å². The summed E-state index contributed by atoms with van der Waals surface area (Å²) in [5.41, 5.74) is 4.22. The topological polar surface area (TPSA) is 84.4 Å². The number of fused-ring (bicyclic) bond motifs is 1. The van der Waals surface area contributed by atoms with Gasteiger partial charge in [-0.05, 0) is 80.1 Å². The van der Waals surface area contributed by atoms with Crippen molar-refractivity contribution in [1.29, 1.82) is 0 Å². The SMILES string of the molecule is CCOc1ccc(-c2nc3ccc(C(=O)[O-])cc3nc2-c2ccc(OCC)cc2)cc1. The normalized spacial score (nSPS) is 10.8. The van der Waals surface area contributed by atoms with Gasteiger partial charge in [0.15, 0.2) is 0 Å². The minimum atomic E-state index is -1.25. The Morgan fingerprint density at radius 3 is 1.68 bits per heavy atom. The largest absolute Gasteiger partial charge is 0.545 e. The molecule has 0 aliphatic rings. The number of carbonyl (C=O) groups is 1. The molecule has 0 aliphatic carbocycles. The molecule has 0 bridgehead atoms. The highest BCUT2D eigenvalue weighted by Crippen LogP contribution is 2.33. The van der Waals surface area contributed by atoms with Crippen molar-refractivity contribution in [2.75, 3.05) is 13.2 Å². The molecule has 6 heteroatoms. The highest BCUT2D eigenvalue weighted by molar-refractivity contribution is 5.93. The van der Waals surface area contributed by atoms with Crippen LogP contribution in [0.2, 0.25) is 0 Å². The summed E-state index contributed by atoms with van der Waals surface area (Å²) in [6.07, 6.45) is 0. The van der Waals surface area contributed by atoms with Crippen LogP contribution < -0.4 is 14.6 Å². The van der Waals surface area contributed by atoms with E-state index in [0.29, 0.717) is 35.6 Å². The number of carbonyl (C=O) groups excluding carboxylic acids is 1. The fourth-order valence-corrected chi connectivity index (χ4v) is 3.34. The van der Waals surface area contributed by atoms with E-state index in [2.05, 4.69) is 0 Å². The monoisotopic (exact) mass is 413 g/mol. The summed E-state index contributed by atoms with van der Waals surface area (Å²) in [6, 6.07) is 19.9. The highest BCUT2D eigenvalue weighted by Gasteiger charge is 2.14. The molecule has 4 rings (SSSR count). The van der Waals surface area contributed by atoms with E-state index in [4.69, 9.17) is 19.4 Å². The van der Waals surface area contributed by atoms with Gasteiger partial charge in [0.1, 0.15) is 11.5 Å². The minimum Gasteiger partial charge on any atom is -0.545 e. The molecule has 0 amide bonds. The number of ether oxygens (including phenoxy) is 2. The lowest BCUT2D eigenvalue weighted by atomic mass is 10.0. The van der Waals surface area contributed by atoms with Crippen molar-refractivity contribution in [1.82, 2.24) is 9.97 Å². The average Bonchev–Trinajstić information content (AvgIpc) is 2.79. The van der Waals surface area contributed by atoms with Crippen LogP contribution in [0.25, 0.3) is 33.5 Å². The minimum absolute atomic E-state index is 0.0632. The average molecular weight is 413 g/mol. The molecule has 1 aromatic heterocycles. The zero-order valence-corrected chi connectivity index (χ0v) is 17.3. The fraction of sp³-hybridized carbons (Fsp3) is 0.160. The summed E-state index contributed by atoms with van der Waals surface area (Å²) in [4.78, 5) is 20.9. The van der Waals surface area contributed by atoms with Crippen molar-refractivity contribution in [3.63, 3.8) is 0 Å². The zero-order valence-electron chi connectivity index (χ0n) is 17.3. The van der Waals surface area contributed by atoms with E-state index < -0.39 is 5.97 Å². The van der Waals surface area contributed by atoms with E-state index in [1.165, 1.54) is 12.1 Å². The Bertz CT molecular complexity index is 1220. The maximum atomic E-state index is 11.3. The maximum absolute atomic E-state index is 11.3. The first-order valence-electron chi connectivity index (χ1n) is 10.1. The van der Waals surface area contributed by atoms with Crippen molar-refractivity contribution in [2.45, 2.75) is 13.8 Å². The van der Waals surface area contributed by atoms with Crippen LogP contribution in [0.3, 0.4) is 0 Å². The molecule has 0 fully saturated rings. The number of hydrogen-bond acceptors (Lipinski definition) is 6. The van der Waals surface area contributed by atoms with Crippen molar-refractivity contribution in [3.05, 3.63) is 72.3 Å². The molecule has 0 unspecified atom stereocenters. The number of hydrogen-bond donors (Lipinski definition) is 0. The second kappa shape index (κ2) is 8.83. The lowest BCUT2D eigenvalue weighted by molar-refractivity contribution is -0.255. The molecule has 0 N–H and O–H groups in total. The number of aromatic carboxylic acids is 1. The van der Waals surface area contributed by atoms with Gasteiger partial charge in [0.05, 0.1) is 41.6 Å². The van der Waals surface area contributed by atoms with Crippen LogP contribution in [0.15, 0.2) is 66.7 Å². The number of rotatable bonds is 7. The number of carboxylic acid groups (broad SMARTS) is 1. The summed E-state index contributed by atoms with van der Waals surface area (Å²) in [6.45, 7) is 5.04. The third-order valence-electron chi connectivity index (χ3n) is 4.78. The van der Waals surface area contributed by atoms with Crippen LogP contribution in [-0.2, 0) is 0 Å². The Hall–Kier alpha value is -3.93. The van der Waals surface area contributed by atoms with Crippen molar-refractivity contribution >= 4 is 17.0 Å². The summed E-state index contributed by atoms with van der Waals surface area (Å²) in [5, 5.41) is 11.3. The van der Waals surface area contributed by atoms with Crippen LogP contribution in [0.5, 0.6) is 11.5 Å². The highest BCUT2D eigenvalue weighted by atomic mass is 16.5. The Balaban J connectivity index is 1.88. The molecule has 0 saturated heterocycles. The van der Waals surface area contributed by atoms with E-state index >= 15 is 0 Å². The number of aromatic nitrogens is 2. The molecule has 31 heavy (non-hydrogen) atoms. The fourth-order valence-electron chi connectivity index (χ4n) is 3.34. The van der Waals surface area contributed by atoms with Gasteiger partial charge in [0.25, 0.3) is 0 Å². The van der Waals surface area contributed by atoms with Crippen LogP contribution in [0.1, 0.15) is 24.2 Å². The van der Waals surface area contributed by atoms with Crippen LogP contribution in [0.4, 0.5) is 0 Å². The quantitative estimate of drug-likeness (QED) is 0.453. The van der Waals surface area contributed by atoms with E-state index in [1.54, 1.807) is 6.07 Å². The van der Waals surface area contributed by atoms with Gasteiger partial charge in [-0.15, -0.1) is 0 Å². The second-order valence-corrected chi connectivity index (χ2v) is 6.83. The summed E-state index contributed by atoms with van der Waals surface area (Å²) in [7, 11) is 0. The molecular weight excluding hydrogens is 392 g/mol. The Kier molecular flexibility index (Phi) is 5.80. The molecule has 0 spiro atoms. The van der Waals surface area contributed by atoms with E-state index in [0.717, 1.165) is 22.6 Å². The van der Waals surface area contributed by atoms with Crippen LogP contribution in [-0.4, -0.2) is 29.2 Å². The molecule has 6 nitrogen and oxygen atoms in total.